The minimum Gasteiger partial charge on any atom is -0.427 e. The van der Waals surface area contributed by atoms with Gasteiger partial charge in [-0.15, -0.1) is 0 Å². The lowest BCUT2D eigenvalue weighted by Gasteiger charge is -2.25. The van der Waals surface area contributed by atoms with Crippen molar-refractivity contribution in [2.75, 3.05) is 0 Å². The SMILES string of the molecule is CCCCCCCCCc1c(OP(O)O)ccc(CC(CC)CCCC)c1CC(CC)CCCC. The molecule has 0 amide bonds. The summed E-state index contributed by atoms with van der Waals surface area (Å²) in [6, 6.07) is 4.26. The second-order valence-corrected chi connectivity index (χ2v) is 11.3. The number of unbranched alkanes of at least 4 members (excludes halogenated alkanes) is 8. The molecule has 0 radical (unpaired) electrons. The zero-order valence-electron chi connectivity index (χ0n) is 23.8. The lowest BCUT2D eigenvalue weighted by Crippen LogP contribution is -2.13. The maximum atomic E-state index is 9.71. The molecule has 0 spiro atoms. The molecule has 1 rings (SSSR count). The van der Waals surface area contributed by atoms with Gasteiger partial charge >= 0.3 is 8.60 Å². The van der Waals surface area contributed by atoms with Gasteiger partial charge < -0.3 is 14.3 Å². The summed E-state index contributed by atoms with van der Waals surface area (Å²) in [5.41, 5.74) is 4.20. The molecule has 4 heteroatoms. The monoisotopic (exact) mass is 508 g/mol. The summed E-state index contributed by atoms with van der Waals surface area (Å²) in [5, 5.41) is 0. The Kier molecular flexibility index (Phi) is 18.9. The van der Waals surface area contributed by atoms with Crippen LogP contribution in [0.5, 0.6) is 5.75 Å². The van der Waals surface area contributed by atoms with E-state index in [0.29, 0.717) is 11.7 Å². The van der Waals surface area contributed by atoms with E-state index in [1.54, 1.807) is 0 Å². The van der Waals surface area contributed by atoms with Gasteiger partial charge in [-0.3, -0.25) is 0 Å². The quantitative estimate of drug-likeness (QED) is 0.121. The minimum absolute atomic E-state index is 0.678. The van der Waals surface area contributed by atoms with Gasteiger partial charge in [0.2, 0.25) is 0 Å². The average Bonchev–Trinajstić information content (AvgIpc) is 2.85. The van der Waals surface area contributed by atoms with Crippen LogP contribution in [-0.4, -0.2) is 9.79 Å². The van der Waals surface area contributed by atoms with Crippen molar-refractivity contribution in [1.29, 1.82) is 0 Å². The second-order valence-electron chi connectivity index (χ2n) is 10.6. The fraction of sp³-hybridized carbons (Fsp3) is 0.806. The van der Waals surface area contributed by atoms with Crippen LogP contribution in [0.3, 0.4) is 0 Å². The Morgan fingerprint density at radius 1 is 0.657 bits per heavy atom. The van der Waals surface area contributed by atoms with Crippen LogP contribution >= 0.6 is 8.60 Å². The Morgan fingerprint density at radius 2 is 1.20 bits per heavy atom. The van der Waals surface area contributed by atoms with Gasteiger partial charge in [-0.2, -0.15) is 0 Å². The summed E-state index contributed by atoms with van der Waals surface area (Å²) in [4.78, 5) is 19.4. The molecule has 1 aromatic rings. The Labute approximate surface area is 219 Å². The lowest BCUT2D eigenvalue weighted by atomic mass is 9.82. The highest BCUT2D eigenvalue weighted by molar-refractivity contribution is 7.39. The highest BCUT2D eigenvalue weighted by atomic mass is 31.2. The first kappa shape index (κ1) is 32.4. The first-order chi connectivity index (χ1) is 17.0. The van der Waals surface area contributed by atoms with Crippen LogP contribution in [0, 0.1) is 11.8 Å². The van der Waals surface area contributed by atoms with Gasteiger partial charge in [0.15, 0.2) is 0 Å². The predicted octanol–water partition coefficient (Wildman–Crippen LogP) is 10.1. The molecule has 2 unspecified atom stereocenters. The Balaban J connectivity index is 3.22. The fourth-order valence-electron chi connectivity index (χ4n) is 5.36. The molecule has 2 N–H and O–H groups in total. The molecular weight excluding hydrogens is 451 g/mol. The van der Waals surface area contributed by atoms with Gasteiger partial charge in [0.1, 0.15) is 5.75 Å². The van der Waals surface area contributed by atoms with Crippen molar-refractivity contribution in [3.8, 4) is 5.75 Å². The molecule has 0 fully saturated rings. The van der Waals surface area contributed by atoms with Crippen LogP contribution in [0.25, 0.3) is 0 Å². The van der Waals surface area contributed by atoms with E-state index in [9.17, 15) is 9.79 Å². The summed E-state index contributed by atoms with van der Waals surface area (Å²) in [7, 11) is -2.40. The third-order valence-electron chi connectivity index (χ3n) is 7.78. The van der Waals surface area contributed by atoms with Gasteiger partial charge in [0.25, 0.3) is 0 Å². The lowest BCUT2D eigenvalue weighted by molar-refractivity contribution is 0.372. The van der Waals surface area contributed by atoms with E-state index >= 15 is 0 Å². The van der Waals surface area contributed by atoms with Crippen LogP contribution < -0.4 is 4.52 Å². The number of rotatable bonds is 22. The molecule has 0 saturated carbocycles. The second kappa shape index (κ2) is 20.4. The molecule has 0 aliphatic heterocycles. The van der Waals surface area contributed by atoms with Crippen LogP contribution in [-0.2, 0) is 19.3 Å². The van der Waals surface area contributed by atoms with Gasteiger partial charge in [0, 0.05) is 0 Å². The molecule has 2 atom stereocenters. The standard InChI is InChI=1S/C31H57O3P/c1-6-11-14-15-16-17-18-21-29-30(25-27(10-5)20-13-8-3)28(22-23-31(29)34-35(32)33)24-26(9-4)19-12-7-2/h22-23,26-27,32-33H,6-21,24-25H2,1-5H3. The van der Waals surface area contributed by atoms with Gasteiger partial charge in [-0.1, -0.05) is 131 Å². The molecule has 35 heavy (non-hydrogen) atoms. The van der Waals surface area contributed by atoms with Crippen molar-refractivity contribution in [3.63, 3.8) is 0 Å². The summed E-state index contributed by atoms with van der Waals surface area (Å²) in [6.45, 7) is 11.5. The van der Waals surface area contributed by atoms with Crippen molar-refractivity contribution >= 4 is 8.60 Å². The summed E-state index contributed by atoms with van der Waals surface area (Å²) >= 11 is 0. The van der Waals surface area contributed by atoms with E-state index in [0.717, 1.165) is 31.6 Å². The van der Waals surface area contributed by atoms with Gasteiger partial charge in [-0.05, 0) is 60.3 Å². The van der Waals surface area contributed by atoms with E-state index in [2.05, 4.69) is 40.7 Å². The first-order valence-corrected chi connectivity index (χ1v) is 16.2. The van der Waals surface area contributed by atoms with Crippen LogP contribution in [0.1, 0.15) is 148 Å². The molecule has 0 bridgehead atoms. The molecule has 0 saturated heterocycles. The maximum absolute atomic E-state index is 9.71. The van der Waals surface area contributed by atoms with Crippen molar-refractivity contribution in [2.45, 2.75) is 150 Å². The van der Waals surface area contributed by atoms with Crippen molar-refractivity contribution < 1.29 is 14.3 Å². The molecule has 0 aliphatic rings. The molecule has 1 aromatic carbocycles. The molecule has 0 heterocycles. The highest BCUT2D eigenvalue weighted by Gasteiger charge is 2.21. The van der Waals surface area contributed by atoms with E-state index in [1.165, 1.54) is 107 Å². The van der Waals surface area contributed by atoms with Crippen LogP contribution in [0.15, 0.2) is 12.1 Å². The Hall–Kier alpha value is -0.630. The molecule has 0 aliphatic carbocycles. The molecule has 3 nitrogen and oxygen atoms in total. The first-order valence-electron chi connectivity index (χ1n) is 15.0. The number of hydrogen-bond acceptors (Lipinski definition) is 3. The van der Waals surface area contributed by atoms with Gasteiger partial charge in [0.05, 0.1) is 0 Å². The van der Waals surface area contributed by atoms with Crippen molar-refractivity contribution in [2.24, 2.45) is 11.8 Å². The van der Waals surface area contributed by atoms with Crippen molar-refractivity contribution in [1.82, 2.24) is 0 Å². The summed E-state index contributed by atoms with van der Waals surface area (Å²) in [5.74, 6) is 2.10. The third kappa shape index (κ3) is 13.5. The minimum atomic E-state index is -2.40. The number of benzene rings is 1. The van der Waals surface area contributed by atoms with E-state index in [4.69, 9.17) is 4.52 Å². The summed E-state index contributed by atoms with van der Waals surface area (Å²) in [6.07, 6.45) is 22.2. The fourth-order valence-corrected chi connectivity index (χ4v) is 5.71. The van der Waals surface area contributed by atoms with E-state index < -0.39 is 8.60 Å². The highest BCUT2D eigenvalue weighted by Crippen LogP contribution is 2.38. The smallest absolute Gasteiger partial charge is 0.391 e. The molecule has 0 aromatic heterocycles. The zero-order chi connectivity index (χ0) is 25.9. The normalized spacial score (nSPS) is 13.4. The Bertz CT molecular complexity index is 646. The topological polar surface area (TPSA) is 49.7 Å². The molecular formula is C31H57O3P. The molecule has 204 valence electrons. The van der Waals surface area contributed by atoms with E-state index in [-0.39, 0.29) is 0 Å². The third-order valence-corrected chi connectivity index (χ3v) is 8.14. The van der Waals surface area contributed by atoms with Crippen LogP contribution in [0.2, 0.25) is 0 Å². The van der Waals surface area contributed by atoms with Crippen molar-refractivity contribution in [3.05, 3.63) is 28.8 Å². The van der Waals surface area contributed by atoms with Crippen LogP contribution in [0.4, 0.5) is 0 Å². The largest absolute Gasteiger partial charge is 0.427 e. The maximum Gasteiger partial charge on any atom is 0.391 e. The average molecular weight is 509 g/mol. The Morgan fingerprint density at radius 3 is 1.74 bits per heavy atom. The zero-order valence-corrected chi connectivity index (χ0v) is 24.7. The van der Waals surface area contributed by atoms with E-state index in [1.807, 2.05) is 6.07 Å². The summed E-state index contributed by atoms with van der Waals surface area (Å²) < 4.78 is 5.62. The van der Waals surface area contributed by atoms with Gasteiger partial charge in [-0.25, -0.2) is 0 Å². The number of hydrogen-bond donors (Lipinski definition) is 2. The predicted molar refractivity (Wildman–Crippen MR) is 154 cm³/mol.